The molecule has 0 aromatic heterocycles. The van der Waals surface area contributed by atoms with Crippen molar-refractivity contribution in [3.05, 3.63) is 34.7 Å². The lowest BCUT2D eigenvalue weighted by Crippen LogP contribution is -2.35. The molecule has 1 heterocycles. The molecule has 0 spiro atoms. The third-order valence-corrected chi connectivity index (χ3v) is 3.63. The molecule has 2 rings (SSSR count). The fourth-order valence-electron chi connectivity index (χ4n) is 1.79. The van der Waals surface area contributed by atoms with Gasteiger partial charge in [-0.25, -0.2) is 0 Å². The van der Waals surface area contributed by atoms with Gasteiger partial charge in [0.25, 0.3) is 11.1 Å². The highest BCUT2D eigenvalue weighted by Gasteiger charge is 2.36. The molecule has 0 bridgehead atoms. The summed E-state index contributed by atoms with van der Waals surface area (Å²) in [6.45, 7) is 2.99. The largest absolute Gasteiger partial charge is 0.508 e. The summed E-state index contributed by atoms with van der Waals surface area (Å²) >= 11 is 0.770. The fraction of sp³-hybridized carbons (Fsp3) is 0.267. The molecule has 1 aliphatic heterocycles. The molecule has 22 heavy (non-hydrogen) atoms. The van der Waals surface area contributed by atoms with Gasteiger partial charge in [-0.1, -0.05) is 12.1 Å². The summed E-state index contributed by atoms with van der Waals surface area (Å²) in [4.78, 5) is 36.7. The molecule has 6 nitrogen and oxygen atoms in total. The number of esters is 1. The predicted molar refractivity (Wildman–Crippen MR) is 82.0 cm³/mol. The molecule has 0 aliphatic carbocycles. The monoisotopic (exact) mass is 321 g/mol. The van der Waals surface area contributed by atoms with Crippen molar-refractivity contribution >= 4 is 35.0 Å². The SMILES string of the molecule is CC(C)OC(=O)CN1C(=O)S/C(=C/c2ccc(O)cc2)C1=O. The summed E-state index contributed by atoms with van der Waals surface area (Å²) in [7, 11) is 0. The van der Waals surface area contributed by atoms with Gasteiger partial charge in [0.05, 0.1) is 11.0 Å². The van der Waals surface area contributed by atoms with Crippen molar-refractivity contribution in [3.63, 3.8) is 0 Å². The van der Waals surface area contributed by atoms with Crippen LogP contribution in [0.3, 0.4) is 0 Å². The van der Waals surface area contributed by atoms with Crippen molar-refractivity contribution in [2.75, 3.05) is 6.54 Å². The first-order chi connectivity index (χ1) is 10.4. The lowest BCUT2D eigenvalue weighted by molar-refractivity contribution is -0.149. The van der Waals surface area contributed by atoms with Gasteiger partial charge in [0, 0.05) is 0 Å². The molecule has 2 amide bonds. The van der Waals surface area contributed by atoms with Crippen LogP contribution in [0.15, 0.2) is 29.2 Å². The molecular weight excluding hydrogens is 306 g/mol. The first-order valence-electron chi connectivity index (χ1n) is 6.60. The molecule has 1 aliphatic rings. The first kappa shape index (κ1) is 16.1. The number of phenolic OH excluding ortho intramolecular Hbond substituents is 1. The van der Waals surface area contributed by atoms with Crippen LogP contribution in [0, 0.1) is 0 Å². The summed E-state index contributed by atoms with van der Waals surface area (Å²) in [6.07, 6.45) is 1.23. The van der Waals surface area contributed by atoms with Crippen LogP contribution in [0.4, 0.5) is 4.79 Å². The smallest absolute Gasteiger partial charge is 0.326 e. The van der Waals surface area contributed by atoms with E-state index in [4.69, 9.17) is 4.74 Å². The Balaban J connectivity index is 2.11. The van der Waals surface area contributed by atoms with E-state index in [1.807, 2.05) is 0 Å². The molecule has 1 aromatic carbocycles. The van der Waals surface area contributed by atoms with E-state index in [2.05, 4.69) is 0 Å². The van der Waals surface area contributed by atoms with Gasteiger partial charge in [-0.3, -0.25) is 19.3 Å². The minimum absolute atomic E-state index is 0.113. The van der Waals surface area contributed by atoms with Gasteiger partial charge in [0.1, 0.15) is 12.3 Å². The Labute approximate surface area is 131 Å². The highest BCUT2D eigenvalue weighted by Crippen LogP contribution is 2.32. The number of ether oxygens (including phenoxy) is 1. The van der Waals surface area contributed by atoms with Crippen molar-refractivity contribution in [3.8, 4) is 5.75 Å². The maximum Gasteiger partial charge on any atom is 0.326 e. The number of nitrogens with zero attached hydrogens (tertiary/aromatic N) is 1. The number of benzene rings is 1. The Morgan fingerprint density at radius 3 is 2.55 bits per heavy atom. The molecule has 1 N–H and O–H groups in total. The third kappa shape index (κ3) is 3.88. The summed E-state index contributed by atoms with van der Waals surface area (Å²) < 4.78 is 4.93. The van der Waals surface area contributed by atoms with E-state index >= 15 is 0 Å². The fourth-order valence-corrected chi connectivity index (χ4v) is 2.63. The number of phenols is 1. The van der Waals surface area contributed by atoms with Gasteiger partial charge in [0.15, 0.2) is 0 Å². The number of thioether (sulfide) groups is 1. The summed E-state index contributed by atoms with van der Waals surface area (Å²) in [5.41, 5.74) is 0.674. The van der Waals surface area contributed by atoms with Gasteiger partial charge >= 0.3 is 5.97 Å². The van der Waals surface area contributed by atoms with Crippen LogP contribution in [0.25, 0.3) is 6.08 Å². The second-order valence-electron chi connectivity index (χ2n) is 4.90. The Hall–Kier alpha value is -2.28. The Kier molecular flexibility index (Phi) is 4.87. The molecule has 1 fully saturated rings. The lowest BCUT2D eigenvalue weighted by Gasteiger charge is -2.13. The Morgan fingerprint density at radius 1 is 1.32 bits per heavy atom. The topological polar surface area (TPSA) is 83.9 Å². The molecule has 1 aromatic rings. The van der Waals surface area contributed by atoms with E-state index < -0.39 is 23.7 Å². The minimum atomic E-state index is -0.622. The van der Waals surface area contributed by atoms with Crippen LogP contribution in [0.2, 0.25) is 0 Å². The summed E-state index contributed by atoms with van der Waals surface area (Å²) in [5, 5.41) is 8.71. The van der Waals surface area contributed by atoms with Crippen LogP contribution in [0.1, 0.15) is 19.4 Å². The van der Waals surface area contributed by atoms with E-state index in [0.29, 0.717) is 5.56 Å². The number of imide groups is 1. The number of hydrogen-bond donors (Lipinski definition) is 1. The zero-order valence-corrected chi connectivity index (χ0v) is 12.9. The molecule has 0 saturated carbocycles. The van der Waals surface area contributed by atoms with Crippen molar-refractivity contribution in [1.29, 1.82) is 0 Å². The highest BCUT2D eigenvalue weighted by molar-refractivity contribution is 8.18. The highest BCUT2D eigenvalue weighted by atomic mass is 32.2. The average molecular weight is 321 g/mol. The second-order valence-corrected chi connectivity index (χ2v) is 5.89. The molecule has 7 heteroatoms. The molecular formula is C15H15NO5S. The van der Waals surface area contributed by atoms with E-state index in [1.54, 1.807) is 26.0 Å². The number of hydrogen-bond acceptors (Lipinski definition) is 6. The van der Waals surface area contributed by atoms with Crippen molar-refractivity contribution in [1.82, 2.24) is 4.90 Å². The van der Waals surface area contributed by atoms with Crippen LogP contribution in [0.5, 0.6) is 5.75 Å². The zero-order chi connectivity index (χ0) is 16.3. The van der Waals surface area contributed by atoms with Gasteiger partial charge < -0.3 is 9.84 Å². The number of rotatable bonds is 4. The van der Waals surface area contributed by atoms with E-state index in [-0.39, 0.29) is 16.8 Å². The Bertz CT molecular complexity index is 636. The maximum atomic E-state index is 12.2. The van der Waals surface area contributed by atoms with Crippen LogP contribution in [-0.4, -0.2) is 39.8 Å². The predicted octanol–water partition coefficient (Wildman–Crippen LogP) is 2.38. The van der Waals surface area contributed by atoms with Gasteiger partial charge in [-0.2, -0.15) is 0 Å². The number of amides is 2. The molecule has 1 saturated heterocycles. The third-order valence-electron chi connectivity index (χ3n) is 2.72. The van der Waals surface area contributed by atoms with E-state index in [1.165, 1.54) is 18.2 Å². The number of aromatic hydroxyl groups is 1. The Morgan fingerprint density at radius 2 is 1.95 bits per heavy atom. The number of carbonyl (C=O) groups excluding carboxylic acids is 3. The summed E-state index contributed by atoms with van der Waals surface area (Å²) in [5.74, 6) is -1.03. The van der Waals surface area contributed by atoms with Crippen molar-refractivity contribution < 1.29 is 24.2 Å². The molecule has 0 unspecified atom stereocenters. The first-order valence-corrected chi connectivity index (χ1v) is 7.42. The molecule has 0 atom stereocenters. The zero-order valence-electron chi connectivity index (χ0n) is 12.1. The van der Waals surface area contributed by atoms with Gasteiger partial charge in [0.2, 0.25) is 0 Å². The minimum Gasteiger partial charge on any atom is -0.508 e. The normalized spacial score (nSPS) is 16.7. The summed E-state index contributed by atoms with van der Waals surface area (Å²) in [6, 6.07) is 6.21. The lowest BCUT2D eigenvalue weighted by atomic mass is 10.2. The second kappa shape index (κ2) is 6.65. The van der Waals surface area contributed by atoms with Crippen molar-refractivity contribution in [2.24, 2.45) is 0 Å². The molecule has 116 valence electrons. The quantitative estimate of drug-likeness (QED) is 0.677. The standard InChI is InChI=1S/C15H15NO5S/c1-9(2)21-13(18)8-16-14(19)12(22-15(16)20)7-10-3-5-11(17)6-4-10/h3-7,9,17H,8H2,1-2H3/b12-7+. The average Bonchev–Trinajstić information content (AvgIpc) is 2.68. The van der Waals surface area contributed by atoms with Crippen LogP contribution in [-0.2, 0) is 14.3 Å². The van der Waals surface area contributed by atoms with Crippen LogP contribution >= 0.6 is 11.8 Å². The van der Waals surface area contributed by atoms with Crippen LogP contribution < -0.4 is 0 Å². The van der Waals surface area contributed by atoms with E-state index in [9.17, 15) is 19.5 Å². The maximum absolute atomic E-state index is 12.2. The van der Waals surface area contributed by atoms with Gasteiger partial charge in [-0.05, 0) is 49.4 Å². The van der Waals surface area contributed by atoms with Crippen molar-refractivity contribution in [2.45, 2.75) is 20.0 Å². The van der Waals surface area contributed by atoms with Gasteiger partial charge in [-0.15, -0.1) is 0 Å². The number of carbonyl (C=O) groups is 3. The molecule has 0 radical (unpaired) electrons. The van der Waals surface area contributed by atoms with E-state index in [0.717, 1.165) is 16.7 Å².